The number of esters is 1. The molecule has 0 saturated heterocycles. The topological polar surface area (TPSA) is 95.5 Å². The van der Waals surface area contributed by atoms with Crippen molar-refractivity contribution < 1.29 is 37.9 Å². The van der Waals surface area contributed by atoms with Crippen LogP contribution in [0.3, 0.4) is 0 Å². The van der Waals surface area contributed by atoms with Crippen molar-refractivity contribution in [2.45, 2.75) is 18.6 Å². The van der Waals surface area contributed by atoms with Crippen molar-refractivity contribution in [3.8, 4) is 28.7 Å². The summed E-state index contributed by atoms with van der Waals surface area (Å²) in [6, 6.07) is 4.59. The summed E-state index contributed by atoms with van der Waals surface area (Å²) in [7, 11) is 6.08. The first-order chi connectivity index (χ1) is 14.9. The van der Waals surface area contributed by atoms with Crippen LogP contribution < -0.4 is 23.7 Å². The molecule has 9 nitrogen and oxygen atoms in total. The summed E-state index contributed by atoms with van der Waals surface area (Å²) in [5.41, 5.74) is 2.46. The first-order valence-corrected chi connectivity index (χ1v) is 9.92. The van der Waals surface area contributed by atoms with Crippen molar-refractivity contribution in [2.75, 3.05) is 41.7 Å². The summed E-state index contributed by atoms with van der Waals surface area (Å²) in [4.78, 5) is 12.9. The van der Waals surface area contributed by atoms with Crippen LogP contribution in [0.4, 0.5) is 0 Å². The summed E-state index contributed by atoms with van der Waals surface area (Å²) in [5.74, 6) is 1.66. The molecule has 0 spiro atoms. The lowest BCUT2D eigenvalue weighted by atomic mass is 9.85. The zero-order chi connectivity index (χ0) is 21.9. The number of benzene rings is 2. The molecular formula is C22H23NO8. The lowest BCUT2D eigenvalue weighted by Crippen LogP contribution is -2.48. The standard InChI is InChI=1S/C22H23NO8/c1-23(25)8-7-11-9-14-20(30-10-29-14)21(28-4)15(11)17(23)18-12-5-6-13(26-2)19(27-3)16(12)22(24)31-18/h5-6,9,17-18H,7-8,10H2,1-4H3/t17-,18?,23?/m0/s1. The van der Waals surface area contributed by atoms with E-state index in [2.05, 4.69) is 0 Å². The molecule has 164 valence electrons. The van der Waals surface area contributed by atoms with Gasteiger partial charge >= 0.3 is 5.97 Å². The van der Waals surface area contributed by atoms with Gasteiger partial charge in [-0.25, -0.2) is 4.79 Å². The SMILES string of the molecule is COc1ccc2c(c1OC)C(=O)OC2[C@@H]1c2c(cc3c(c2OC)OCO3)CC[N+]1(C)[O-]. The molecule has 3 aliphatic heterocycles. The van der Waals surface area contributed by atoms with E-state index in [4.69, 9.17) is 28.4 Å². The Balaban J connectivity index is 1.72. The van der Waals surface area contributed by atoms with Crippen LogP contribution in [-0.2, 0) is 11.2 Å². The van der Waals surface area contributed by atoms with Crippen LogP contribution in [0.15, 0.2) is 18.2 Å². The van der Waals surface area contributed by atoms with Gasteiger partial charge < -0.3 is 38.3 Å². The molecule has 3 aliphatic rings. The monoisotopic (exact) mass is 429 g/mol. The van der Waals surface area contributed by atoms with Crippen molar-refractivity contribution in [2.24, 2.45) is 0 Å². The summed E-state index contributed by atoms with van der Waals surface area (Å²) in [6.07, 6.45) is -0.281. The molecule has 2 aromatic carbocycles. The van der Waals surface area contributed by atoms with E-state index < -0.39 is 22.8 Å². The maximum atomic E-state index is 13.7. The quantitative estimate of drug-likeness (QED) is 0.416. The number of quaternary nitrogens is 1. The Kier molecular flexibility index (Phi) is 4.42. The summed E-state index contributed by atoms with van der Waals surface area (Å²) in [6.45, 7) is 0.401. The third-order valence-electron chi connectivity index (χ3n) is 6.27. The molecule has 31 heavy (non-hydrogen) atoms. The third kappa shape index (κ3) is 2.73. The average molecular weight is 429 g/mol. The Labute approximate surface area is 179 Å². The molecule has 0 saturated carbocycles. The predicted molar refractivity (Wildman–Crippen MR) is 108 cm³/mol. The van der Waals surface area contributed by atoms with Gasteiger partial charge in [0.25, 0.3) is 0 Å². The smallest absolute Gasteiger partial charge is 0.343 e. The predicted octanol–water partition coefficient (Wildman–Crippen LogP) is 2.89. The molecule has 0 aromatic heterocycles. The fraction of sp³-hybridized carbons (Fsp3) is 0.409. The van der Waals surface area contributed by atoms with Crippen molar-refractivity contribution in [1.82, 2.24) is 0 Å². The molecular weight excluding hydrogens is 406 g/mol. The molecule has 5 rings (SSSR count). The van der Waals surface area contributed by atoms with Gasteiger partial charge in [0.2, 0.25) is 12.5 Å². The zero-order valence-corrected chi connectivity index (χ0v) is 17.7. The minimum Gasteiger partial charge on any atom is -0.632 e. The van der Waals surface area contributed by atoms with Gasteiger partial charge in [0.15, 0.2) is 35.1 Å². The number of hydrogen-bond donors (Lipinski definition) is 0. The summed E-state index contributed by atoms with van der Waals surface area (Å²) < 4.78 is 32.8. The number of carbonyl (C=O) groups is 1. The molecule has 9 heteroatoms. The van der Waals surface area contributed by atoms with E-state index >= 15 is 0 Å². The minimum atomic E-state index is -0.821. The van der Waals surface area contributed by atoms with E-state index in [0.29, 0.717) is 52.8 Å². The highest BCUT2D eigenvalue weighted by Gasteiger charge is 2.50. The lowest BCUT2D eigenvalue weighted by Gasteiger charge is -2.50. The molecule has 0 N–H and O–H groups in total. The maximum absolute atomic E-state index is 13.7. The van der Waals surface area contributed by atoms with Gasteiger partial charge in [-0.3, -0.25) is 0 Å². The summed E-state index contributed by atoms with van der Waals surface area (Å²) in [5, 5.41) is 13.7. The Bertz CT molecular complexity index is 1080. The Hall–Kier alpha value is -3.17. The second-order valence-electron chi connectivity index (χ2n) is 7.90. The van der Waals surface area contributed by atoms with E-state index in [9.17, 15) is 10.0 Å². The number of fused-ring (bicyclic) bond motifs is 3. The van der Waals surface area contributed by atoms with Crippen molar-refractivity contribution in [1.29, 1.82) is 0 Å². The van der Waals surface area contributed by atoms with Crippen molar-refractivity contribution in [3.05, 3.63) is 45.7 Å². The zero-order valence-electron chi connectivity index (χ0n) is 17.7. The van der Waals surface area contributed by atoms with E-state index in [-0.39, 0.29) is 12.4 Å². The fourth-order valence-corrected chi connectivity index (χ4v) is 4.87. The van der Waals surface area contributed by atoms with Crippen LogP contribution in [-0.4, -0.2) is 52.3 Å². The average Bonchev–Trinajstić information content (AvgIpc) is 3.35. The maximum Gasteiger partial charge on any atom is 0.343 e. The number of likely N-dealkylation sites (N-methyl/N-ethyl adjacent to an activating group) is 1. The van der Waals surface area contributed by atoms with Crippen LogP contribution in [0, 0.1) is 5.21 Å². The van der Waals surface area contributed by atoms with Crippen LogP contribution >= 0.6 is 0 Å². The van der Waals surface area contributed by atoms with Gasteiger partial charge in [-0.15, -0.1) is 0 Å². The van der Waals surface area contributed by atoms with Gasteiger partial charge in [-0.05, 0) is 17.7 Å². The normalized spacial score (nSPS) is 25.5. The van der Waals surface area contributed by atoms with Gasteiger partial charge in [0.1, 0.15) is 5.56 Å². The highest BCUT2D eigenvalue weighted by Crippen LogP contribution is 2.56. The number of hydrogen-bond acceptors (Lipinski definition) is 8. The molecule has 2 aromatic rings. The summed E-state index contributed by atoms with van der Waals surface area (Å²) >= 11 is 0. The molecule has 0 aliphatic carbocycles. The lowest BCUT2D eigenvalue weighted by molar-refractivity contribution is -0.899. The fourth-order valence-electron chi connectivity index (χ4n) is 4.87. The molecule has 0 bridgehead atoms. The van der Waals surface area contributed by atoms with Gasteiger partial charge in [0.05, 0.1) is 40.5 Å². The minimum absolute atomic E-state index is 0.0843. The van der Waals surface area contributed by atoms with Gasteiger partial charge in [-0.1, -0.05) is 6.07 Å². The second-order valence-corrected chi connectivity index (χ2v) is 7.90. The molecule has 0 amide bonds. The van der Waals surface area contributed by atoms with Crippen LogP contribution in [0.25, 0.3) is 0 Å². The second kappa shape index (κ2) is 6.93. The first kappa shape index (κ1) is 19.8. The Morgan fingerprint density at radius 1 is 1.10 bits per heavy atom. The number of ether oxygens (including phenoxy) is 6. The Morgan fingerprint density at radius 3 is 2.58 bits per heavy atom. The van der Waals surface area contributed by atoms with E-state index in [1.165, 1.54) is 21.3 Å². The van der Waals surface area contributed by atoms with Crippen LogP contribution in [0.1, 0.15) is 39.2 Å². The van der Waals surface area contributed by atoms with Crippen LogP contribution in [0.5, 0.6) is 28.7 Å². The number of cyclic esters (lactones) is 1. The highest BCUT2D eigenvalue weighted by molar-refractivity contribution is 5.98. The van der Waals surface area contributed by atoms with Gasteiger partial charge in [0, 0.05) is 12.0 Å². The number of nitrogens with zero attached hydrogens (tertiary/aromatic N) is 1. The third-order valence-corrected chi connectivity index (χ3v) is 6.27. The number of methoxy groups -OCH3 is 3. The van der Waals surface area contributed by atoms with Crippen molar-refractivity contribution in [3.63, 3.8) is 0 Å². The number of hydroxylamine groups is 3. The van der Waals surface area contributed by atoms with E-state index in [1.54, 1.807) is 19.2 Å². The molecule has 2 unspecified atom stereocenters. The molecule has 3 heterocycles. The number of carbonyl (C=O) groups excluding carboxylic acids is 1. The number of rotatable bonds is 4. The highest BCUT2D eigenvalue weighted by atomic mass is 16.7. The van der Waals surface area contributed by atoms with Crippen LogP contribution in [0.2, 0.25) is 0 Å². The Morgan fingerprint density at radius 2 is 1.87 bits per heavy atom. The largest absolute Gasteiger partial charge is 0.632 e. The molecule has 3 atom stereocenters. The van der Waals surface area contributed by atoms with E-state index in [1.807, 2.05) is 6.07 Å². The molecule has 0 radical (unpaired) electrons. The van der Waals surface area contributed by atoms with Crippen molar-refractivity contribution >= 4 is 5.97 Å². The van der Waals surface area contributed by atoms with Gasteiger partial charge in [-0.2, -0.15) is 0 Å². The molecule has 0 fully saturated rings. The first-order valence-electron chi connectivity index (χ1n) is 9.92. The van der Waals surface area contributed by atoms with E-state index in [0.717, 1.165) is 5.56 Å².